The van der Waals surface area contributed by atoms with Gasteiger partial charge in [-0.2, -0.15) is 0 Å². The number of halogens is 2. The highest BCUT2D eigenvalue weighted by Gasteiger charge is 2.14. The van der Waals surface area contributed by atoms with Crippen LogP contribution in [0.3, 0.4) is 0 Å². The second-order valence-electron chi connectivity index (χ2n) is 3.43. The SMILES string of the molecule is OC1=CCCC(c2ccc(Cl)cc2)=C1Br. The number of aliphatic hydroxyl groups excluding tert-OH is 1. The van der Waals surface area contributed by atoms with E-state index in [2.05, 4.69) is 15.9 Å². The van der Waals surface area contributed by atoms with Crippen LogP contribution < -0.4 is 0 Å². The topological polar surface area (TPSA) is 20.2 Å². The van der Waals surface area contributed by atoms with Crippen LogP contribution in [-0.4, -0.2) is 5.11 Å². The van der Waals surface area contributed by atoms with Gasteiger partial charge in [-0.05, 0) is 58.1 Å². The Balaban J connectivity index is 2.42. The van der Waals surface area contributed by atoms with Crippen molar-refractivity contribution >= 4 is 33.1 Å². The van der Waals surface area contributed by atoms with E-state index in [0.29, 0.717) is 5.76 Å². The highest BCUT2D eigenvalue weighted by atomic mass is 79.9. The molecule has 1 N–H and O–H groups in total. The average molecular weight is 286 g/mol. The summed E-state index contributed by atoms with van der Waals surface area (Å²) in [5, 5.41) is 10.3. The van der Waals surface area contributed by atoms with Crippen LogP contribution in [0.15, 0.2) is 40.6 Å². The van der Waals surface area contributed by atoms with Crippen LogP contribution >= 0.6 is 27.5 Å². The number of rotatable bonds is 1. The maximum atomic E-state index is 9.59. The Labute approximate surface area is 102 Å². The Kier molecular flexibility index (Phi) is 3.17. The largest absolute Gasteiger partial charge is 0.507 e. The Hall–Kier alpha value is -0.730. The molecule has 3 heteroatoms. The van der Waals surface area contributed by atoms with Gasteiger partial charge in [0, 0.05) is 5.02 Å². The molecule has 0 bridgehead atoms. The number of aliphatic hydroxyl groups is 1. The van der Waals surface area contributed by atoms with Crippen LogP contribution in [0.2, 0.25) is 5.02 Å². The zero-order chi connectivity index (χ0) is 10.8. The van der Waals surface area contributed by atoms with Crippen molar-refractivity contribution in [1.82, 2.24) is 0 Å². The van der Waals surface area contributed by atoms with E-state index in [0.717, 1.165) is 33.5 Å². The lowest BCUT2D eigenvalue weighted by atomic mass is 9.97. The lowest BCUT2D eigenvalue weighted by Gasteiger charge is -2.14. The fourth-order valence-electron chi connectivity index (χ4n) is 1.63. The van der Waals surface area contributed by atoms with Crippen LogP contribution in [0, 0.1) is 0 Å². The standard InChI is InChI=1S/C12H10BrClO/c13-12-10(2-1-3-11(12)15)8-4-6-9(14)7-5-8/h3-7,15H,1-2H2. The van der Waals surface area contributed by atoms with Crippen molar-refractivity contribution in [3.05, 3.63) is 51.2 Å². The number of hydrogen-bond donors (Lipinski definition) is 1. The maximum Gasteiger partial charge on any atom is 0.126 e. The molecule has 0 spiro atoms. The first-order valence-corrected chi connectivity index (χ1v) is 5.89. The summed E-state index contributed by atoms with van der Waals surface area (Å²) >= 11 is 9.23. The Morgan fingerprint density at radius 3 is 2.53 bits per heavy atom. The molecule has 0 aliphatic heterocycles. The van der Waals surface area contributed by atoms with Gasteiger partial charge in [-0.1, -0.05) is 23.7 Å². The maximum absolute atomic E-state index is 9.59. The molecule has 1 aromatic rings. The van der Waals surface area contributed by atoms with Gasteiger partial charge in [-0.15, -0.1) is 0 Å². The zero-order valence-corrected chi connectivity index (χ0v) is 10.3. The van der Waals surface area contributed by atoms with E-state index >= 15 is 0 Å². The molecule has 78 valence electrons. The Morgan fingerprint density at radius 1 is 1.20 bits per heavy atom. The van der Waals surface area contributed by atoms with E-state index in [1.165, 1.54) is 0 Å². The third-order valence-electron chi connectivity index (χ3n) is 2.41. The van der Waals surface area contributed by atoms with E-state index in [4.69, 9.17) is 11.6 Å². The summed E-state index contributed by atoms with van der Waals surface area (Å²) in [7, 11) is 0. The van der Waals surface area contributed by atoms with E-state index in [1.807, 2.05) is 30.3 Å². The Morgan fingerprint density at radius 2 is 1.87 bits per heavy atom. The normalized spacial score (nSPS) is 16.5. The minimum absolute atomic E-state index is 0.325. The highest BCUT2D eigenvalue weighted by Crippen LogP contribution is 2.35. The van der Waals surface area contributed by atoms with Crippen LogP contribution in [0.1, 0.15) is 18.4 Å². The van der Waals surface area contributed by atoms with Gasteiger partial charge in [0.2, 0.25) is 0 Å². The van der Waals surface area contributed by atoms with Gasteiger partial charge in [0.25, 0.3) is 0 Å². The summed E-state index contributed by atoms with van der Waals surface area (Å²) in [5.74, 6) is 0.325. The van der Waals surface area contributed by atoms with Gasteiger partial charge >= 0.3 is 0 Å². The zero-order valence-electron chi connectivity index (χ0n) is 8.00. The van der Waals surface area contributed by atoms with Crippen molar-refractivity contribution in [1.29, 1.82) is 0 Å². The first kappa shape index (κ1) is 10.8. The monoisotopic (exact) mass is 284 g/mol. The van der Waals surface area contributed by atoms with Crippen LogP contribution in [-0.2, 0) is 0 Å². The third kappa shape index (κ3) is 2.27. The van der Waals surface area contributed by atoms with Gasteiger partial charge in [0.1, 0.15) is 5.76 Å². The van der Waals surface area contributed by atoms with E-state index in [-0.39, 0.29) is 0 Å². The summed E-state index contributed by atoms with van der Waals surface area (Å²) in [6.45, 7) is 0. The molecule has 1 aliphatic rings. The highest BCUT2D eigenvalue weighted by molar-refractivity contribution is 9.12. The lowest BCUT2D eigenvalue weighted by Crippen LogP contribution is -1.96. The van der Waals surface area contributed by atoms with E-state index in [9.17, 15) is 5.11 Å². The van der Waals surface area contributed by atoms with E-state index < -0.39 is 0 Å². The molecule has 1 nitrogen and oxygen atoms in total. The van der Waals surface area contributed by atoms with Gasteiger partial charge in [-0.25, -0.2) is 0 Å². The second kappa shape index (κ2) is 4.42. The summed E-state index contributed by atoms with van der Waals surface area (Å²) in [6.07, 6.45) is 3.63. The van der Waals surface area contributed by atoms with Crippen LogP contribution in [0.4, 0.5) is 0 Å². The fraction of sp³-hybridized carbons (Fsp3) is 0.167. The molecular weight excluding hydrogens is 275 g/mol. The van der Waals surface area contributed by atoms with Gasteiger partial charge in [0.15, 0.2) is 0 Å². The van der Waals surface area contributed by atoms with E-state index in [1.54, 1.807) is 0 Å². The average Bonchev–Trinajstić information content (AvgIpc) is 2.24. The molecule has 0 heterocycles. The molecule has 0 atom stereocenters. The summed E-state index contributed by atoms with van der Waals surface area (Å²) in [4.78, 5) is 0. The number of hydrogen-bond acceptors (Lipinski definition) is 1. The molecule has 15 heavy (non-hydrogen) atoms. The minimum atomic E-state index is 0.325. The molecule has 0 saturated heterocycles. The van der Waals surface area contributed by atoms with Gasteiger partial charge < -0.3 is 5.11 Å². The summed E-state index contributed by atoms with van der Waals surface area (Å²) < 4.78 is 0.788. The smallest absolute Gasteiger partial charge is 0.126 e. The molecule has 0 radical (unpaired) electrons. The molecule has 0 aromatic heterocycles. The molecule has 1 aromatic carbocycles. The first-order chi connectivity index (χ1) is 7.18. The number of allylic oxidation sites excluding steroid dienone is 3. The lowest BCUT2D eigenvalue weighted by molar-refractivity contribution is 0.426. The summed E-state index contributed by atoms with van der Waals surface area (Å²) in [6, 6.07) is 7.66. The van der Waals surface area contributed by atoms with Crippen LogP contribution in [0.5, 0.6) is 0 Å². The van der Waals surface area contributed by atoms with Crippen molar-refractivity contribution in [3.8, 4) is 0 Å². The van der Waals surface area contributed by atoms with Crippen molar-refractivity contribution in [3.63, 3.8) is 0 Å². The molecule has 0 unspecified atom stereocenters. The second-order valence-corrected chi connectivity index (χ2v) is 4.66. The molecular formula is C12H10BrClO. The van der Waals surface area contributed by atoms with Crippen LogP contribution in [0.25, 0.3) is 5.57 Å². The molecule has 0 amide bonds. The quantitative estimate of drug-likeness (QED) is 0.794. The Bertz CT molecular complexity index is 431. The predicted molar refractivity (Wildman–Crippen MR) is 67.2 cm³/mol. The van der Waals surface area contributed by atoms with Gasteiger partial charge in [-0.3, -0.25) is 0 Å². The van der Waals surface area contributed by atoms with Crippen molar-refractivity contribution in [2.45, 2.75) is 12.8 Å². The predicted octanol–water partition coefficient (Wildman–Crippen LogP) is 4.68. The molecule has 0 saturated carbocycles. The molecule has 2 rings (SSSR count). The number of benzene rings is 1. The third-order valence-corrected chi connectivity index (χ3v) is 3.55. The minimum Gasteiger partial charge on any atom is -0.507 e. The molecule has 0 fully saturated rings. The first-order valence-electron chi connectivity index (χ1n) is 4.72. The summed E-state index contributed by atoms with van der Waals surface area (Å²) in [5.41, 5.74) is 2.23. The molecule has 1 aliphatic carbocycles. The van der Waals surface area contributed by atoms with Gasteiger partial charge in [0.05, 0.1) is 4.48 Å². The van der Waals surface area contributed by atoms with Crippen molar-refractivity contribution in [2.75, 3.05) is 0 Å². The fourth-order valence-corrected chi connectivity index (χ4v) is 2.34. The van der Waals surface area contributed by atoms with Crippen molar-refractivity contribution in [2.24, 2.45) is 0 Å². The van der Waals surface area contributed by atoms with Crippen molar-refractivity contribution < 1.29 is 5.11 Å².